The van der Waals surface area contributed by atoms with E-state index in [2.05, 4.69) is 35.8 Å². The van der Waals surface area contributed by atoms with Crippen LogP contribution in [0.1, 0.15) is 5.56 Å². The average Bonchev–Trinajstić information content (AvgIpc) is 2.41. The zero-order chi connectivity index (χ0) is 13.0. The molecule has 0 atom stereocenters. The van der Waals surface area contributed by atoms with E-state index < -0.39 is 0 Å². The van der Waals surface area contributed by atoms with E-state index in [0.29, 0.717) is 10.0 Å². The Hall–Kier alpha value is -0.830. The van der Waals surface area contributed by atoms with Crippen LogP contribution in [0.2, 0.25) is 10.0 Å². The van der Waals surface area contributed by atoms with Gasteiger partial charge in [-0.1, -0.05) is 35.3 Å². The van der Waals surface area contributed by atoms with E-state index in [4.69, 9.17) is 23.2 Å². The molecule has 0 saturated heterocycles. The smallest absolute Gasteiger partial charge is 0.0612 e. The lowest BCUT2D eigenvalue weighted by Gasteiger charge is -2.08. The SMILES string of the molecule is CSc1ccc(CNc2ccc(Cl)c(Cl)c2)cc1. The first-order chi connectivity index (χ1) is 8.69. The van der Waals surface area contributed by atoms with Gasteiger partial charge >= 0.3 is 0 Å². The van der Waals surface area contributed by atoms with Gasteiger partial charge in [-0.15, -0.1) is 11.8 Å². The molecule has 0 spiro atoms. The molecule has 1 nitrogen and oxygen atoms in total. The second kappa shape index (κ2) is 6.37. The van der Waals surface area contributed by atoms with Crippen molar-refractivity contribution in [2.75, 3.05) is 11.6 Å². The fourth-order valence-corrected chi connectivity index (χ4v) is 2.26. The summed E-state index contributed by atoms with van der Waals surface area (Å²) < 4.78 is 0. The lowest BCUT2D eigenvalue weighted by atomic mass is 10.2. The Bertz CT molecular complexity index is 526. The van der Waals surface area contributed by atoms with Crippen molar-refractivity contribution in [2.45, 2.75) is 11.4 Å². The molecule has 4 heteroatoms. The minimum absolute atomic E-state index is 0.569. The summed E-state index contributed by atoms with van der Waals surface area (Å²) in [6, 6.07) is 14.0. The number of rotatable bonds is 4. The quantitative estimate of drug-likeness (QED) is 0.766. The highest BCUT2D eigenvalue weighted by Crippen LogP contribution is 2.25. The van der Waals surface area contributed by atoms with Crippen LogP contribution in [0.5, 0.6) is 0 Å². The van der Waals surface area contributed by atoms with Crippen molar-refractivity contribution in [3.63, 3.8) is 0 Å². The van der Waals surface area contributed by atoms with Gasteiger partial charge in [0.05, 0.1) is 10.0 Å². The van der Waals surface area contributed by atoms with Crippen molar-refractivity contribution in [1.82, 2.24) is 0 Å². The number of anilines is 1. The predicted molar refractivity (Wildman–Crippen MR) is 82.0 cm³/mol. The van der Waals surface area contributed by atoms with Gasteiger partial charge in [0.15, 0.2) is 0 Å². The molecule has 0 aromatic heterocycles. The summed E-state index contributed by atoms with van der Waals surface area (Å²) in [6.07, 6.45) is 2.07. The van der Waals surface area contributed by atoms with E-state index in [0.717, 1.165) is 12.2 Å². The van der Waals surface area contributed by atoms with Gasteiger partial charge in [0.1, 0.15) is 0 Å². The van der Waals surface area contributed by atoms with Crippen molar-refractivity contribution < 1.29 is 0 Å². The van der Waals surface area contributed by atoms with E-state index in [9.17, 15) is 0 Å². The van der Waals surface area contributed by atoms with Crippen LogP contribution < -0.4 is 5.32 Å². The normalized spacial score (nSPS) is 10.4. The number of halogens is 2. The highest BCUT2D eigenvalue weighted by molar-refractivity contribution is 7.98. The van der Waals surface area contributed by atoms with Crippen LogP contribution >= 0.6 is 35.0 Å². The summed E-state index contributed by atoms with van der Waals surface area (Å²) >= 11 is 13.6. The molecular weight excluding hydrogens is 285 g/mol. The summed E-state index contributed by atoms with van der Waals surface area (Å²) in [6.45, 7) is 0.770. The Morgan fingerprint density at radius 2 is 1.72 bits per heavy atom. The molecule has 0 heterocycles. The van der Waals surface area contributed by atoms with Crippen LogP contribution in [0, 0.1) is 0 Å². The minimum atomic E-state index is 0.569. The third-order valence-electron chi connectivity index (χ3n) is 2.58. The molecule has 0 bridgehead atoms. The highest BCUT2D eigenvalue weighted by atomic mass is 35.5. The van der Waals surface area contributed by atoms with Crippen LogP contribution in [-0.2, 0) is 6.54 Å². The molecule has 18 heavy (non-hydrogen) atoms. The van der Waals surface area contributed by atoms with Crippen molar-refractivity contribution >= 4 is 40.7 Å². The summed E-state index contributed by atoms with van der Waals surface area (Å²) in [4.78, 5) is 1.27. The van der Waals surface area contributed by atoms with E-state index in [1.165, 1.54) is 10.5 Å². The van der Waals surface area contributed by atoms with E-state index >= 15 is 0 Å². The molecule has 2 rings (SSSR count). The summed E-state index contributed by atoms with van der Waals surface area (Å²) in [5, 5.41) is 4.46. The van der Waals surface area contributed by atoms with E-state index in [-0.39, 0.29) is 0 Å². The third-order valence-corrected chi connectivity index (χ3v) is 4.06. The first-order valence-electron chi connectivity index (χ1n) is 5.51. The highest BCUT2D eigenvalue weighted by Gasteiger charge is 1.99. The number of benzene rings is 2. The zero-order valence-corrected chi connectivity index (χ0v) is 12.2. The van der Waals surface area contributed by atoms with Gasteiger partial charge in [0.25, 0.3) is 0 Å². The molecule has 1 N–H and O–H groups in total. The molecular formula is C14H13Cl2NS. The maximum Gasteiger partial charge on any atom is 0.0612 e. The fourth-order valence-electron chi connectivity index (χ4n) is 1.55. The minimum Gasteiger partial charge on any atom is -0.381 e. The molecule has 0 saturated carbocycles. The molecule has 0 amide bonds. The van der Waals surface area contributed by atoms with E-state index in [1.54, 1.807) is 17.8 Å². The Labute approximate surface area is 121 Å². The van der Waals surface area contributed by atoms with Gasteiger partial charge in [0, 0.05) is 17.1 Å². The first kappa shape index (κ1) is 13.6. The number of nitrogens with one attached hydrogen (secondary N) is 1. The molecule has 2 aromatic rings. The second-order valence-electron chi connectivity index (χ2n) is 3.83. The van der Waals surface area contributed by atoms with Gasteiger partial charge in [-0.25, -0.2) is 0 Å². The summed E-state index contributed by atoms with van der Waals surface area (Å²) in [7, 11) is 0. The van der Waals surface area contributed by atoms with Crippen LogP contribution in [0.4, 0.5) is 5.69 Å². The maximum atomic E-state index is 5.96. The van der Waals surface area contributed by atoms with Gasteiger partial charge in [-0.05, 0) is 42.2 Å². The van der Waals surface area contributed by atoms with Crippen molar-refractivity contribution in [1.29, 1.82) is 0 Å². The Kier molecular flexibility index (Phi) is 4.81. The Morgan fingerprint density at radius 3 is 2.33 bits per heavy atom. The zero-order valence-electron chi connectivity index (χ0n) is 9.91. The van der Waals surface area contributed by atoms with Crippen LogP contribution in [0.3, 0.4) is 0 Å². The molecule has 0 radical (unpaired) electrons. The molecule has 0 aliphatic rings. The monoisotopic (exact) mass is 297 g/mol. The van der Waals surface area contributed by atoms with E-state index in [1.807, 2.05) is 12.1 Å². The second-order valence-corrected chi connectivity index (χ2v) is 5.52. The van der Waals surface area contributed by atoms with Crippen LogP contribution in [-0.4, -0.2) is 6.26 Å². The number of hydrogen-bond donors (Lipinski definition) is 1. The lowest BCUT2D eigenvalue weighted by Crippen LogP contribution is -1.98. The van der Waals surface area contributed by atoms with Crippen LogP contribution in [0.25, 0.3) is 0 Å². The van der Waals surface area contributed by atoms with Crippen molar-refractivity contribution in [3.05, 3.63) is 58.1 Å². The molecule has 0 aliphatic carbocycles. The summed E-state index contributed by atoms with van der Waals surface area (Å²) in [5.74, 6) is 0. The lowest BCUT2D eigenvalue weighted by molar-refractivity contribution is 1.14. The Morgan fingerprint density at radius 1 is 1.00 bits per heavy atom. The fraction of sp³-hybridized carbons (Fsp3) is 0.143. The predicted octanol–water partition coefficient (Wildman–Crippen LogP) is 5.33. The average molecular weight is 298 g/mol. The van der Waals surface area contributed by atoms with Crippen molar-refractivity contribution in [3.8, 4) is 0 Å². The van der Waals surface area contributed by atoms with Gasteiger partial charge in [-0.2, -0.15) is 0 Å². The Balaban J connectivity index is 1.99. The largest absolute Gasteiger partial charge is 0.381 e. The first-order valence-corrected chi connectivity index (χ1v) is 7.49. The molecule has 94 valence electrons. The maximum absolute atomic E-state index is 5.96. The number of hydrogen-bond acceptors (Lipinski definition) is 2. The van der Waals surface area contributed by atoms with Crippen LogP contribution in [0.15, 0.2) is 47.4 Å². The molecule has 0 aliphatic heterocycles. The summed E-state index contributed by atoms with van der Waals surface area (Å²) in [5.41, 5.74) is 2.21. The van der Waals surface area contributed by atoms with Gasteiger partial charge in [0.2, 0.25) is 0 Å². The van der Waals surface area contributed by atoms with Crippen molar-refractivity contribution in [2.24, 2.45) is 0 Å². The van der Waals surface area contributed by atoms with Gasteiger partial charge < -0.3 is 5.32 Å². The number of thioether (sulfide) groups is 1. The molecule has 2 aromatic carbocycles. The standard InChI is InChI=1S/C14H13Cl2NS/c1-18-12-5-2-10(3-6-12)9-17-11-4-7-13(15)14(16)8-11/h2-8,17H,9H2,1H3. The topological polar surface area (TPSA) is 12.0 Å². The molecule has 0 unspecified atom stereocenters. The third kappa shape index (κ3) is 3.58. The molecule has 0 fully saturated rings. The van der Waals surface area contributed by atoms with Gasteiger partial charge in [-0.3, -0.25) is 0 Å².